The number of ether oxygens (including phenoxy) is 1. The number of primary amides is 1. The number of methoxy groups -OCH3 is 1. The van der Waals surface area contributed by atoms with Crippen molar-refractivity contribution < 1.29 is 14.3 Å². The number of aromatic nitrogens is 3. The van der Waals surface area contributed by atoms with Gasteiger partial charge in [0.15, 0.2) is 5.78 Å². The van der Waals surface area contributed by atoms with Crippen molar-refractivity contribution in [3.63, 3.8) is 0 Å². The zero-order chi connectivity index (χ0) is 24.9. The second kappa shape index (κ2) is 8.83. The lowest BCUT2D eigenvalue weighted by molar-refractivity contribution is 0.0994. The van der Waals surface area contributed by atoms with E-state index in [1.54, 1.807) is 42.3 Å². The predicted octanol–water partition coefficient (Wildman–Crippen LogP) is 5.32. The standard InChI is InChI=1S/C26H20Cl2N4O3/c1-13(33)24-20-4-3-14-6-23(35-2)21(15-5-16(26(29)34)12-30-11-15)10-22(14)25(20)32(31-24)19-8-17(27)7-18(28)9-19/h5-12H,3-4H2,1-2H3,(H2,29,34). The lowest BCUT2D eigenvalue weighted by atomic mass is 9.86. The average Bonchev–Trinajstić information content (AvgIpc) is 3.23. The molecule has 0 unspecified atom stereocenters. The molecule has 9 heteroatoms. The van der Waals surface area contributed by atoms with Crippen LogP contribution in [0.25, 0.3) is 28.1 Å². The fraction of sp³-hybridized carbons (Fsp3) is 0.154. The molecule has 2 aromatic carbocycles. The zero-order valence-corrected chi connectivity index (χ0v) is 20.4. The van der Waals surface area contributed by atoms with Gasteiger partial charge >= 0.3 is 0 Å². The minimum Gasteiger partial charge on any atom is -0.496 e. The number of Topliss-reactive ketones (excluding diaryl/α,β-unsaturated/α-hetero) is 1. The summed E-state index contributed by atoms with van der Waals surface area (Å²) in [6.07, 6.45) is 4.43. The summed E-state index contributed by atoms with van der Waals surface area (Å²) in [6.45, 7) is 1.51. The second-order valence-corrected chi connectivity index (χ2v) is 9.18. The molecule has 176 valence electrons. The Labute approximate surface area is 211 Å². The second-order valence-electron chi connectivity index (χ2n) is 8.31. The van der Waals surface area contributed by atoms with Gasteiger partial charge in [-0.05, 0) is 54.8 Å². The molecule has 0 radical (unpaired) electrons. The van der Waals surface area contributed by atoms with Crippen LogP contribution in [-0.4, -0.2) is 33.6 Å². The summed E-state index contributed by atoms with van der Waals surface area (Å²) in [5, 5.41) is 5.59. The quantitative estimate of drug-likeness (QED) is 0.369. The van der Waals surface area contributed by atoms with Crippen molar-refractivity contribution in [3.8, 4) is 33.8 Å². The van der Waals surface area contributed by atoms with Gasteiger partial charge in [-0.25, -0.2) is 4.68 Å². The van der Waals surface area contributed by atoms with E-state index < -0.39 is 5.91 Å². The van der Waals surface area contributed by atoms with Gasteiger partial charge < -0.3 is 10.5 Å². The van der Waals surface area contributed by atoms with Crippen LogP contribution in [-0.2, 0) is 12.8 Å². The molecule has 1 amide bonds. The van der Waals surface area contributed by atoms with Crippen molar-refractivity contribution in [1.29, 1.82) is 0 Å². The highest BCUT2D eigenvalue weighted by Gasteiger charge is 2.29. The molecule has 2 aromatic heterocycles. The molecule has 1 aliphatic carbocycles. The molecule has 0 atom stereocenters. The Morgan fingerprint density at radius 1 is 1.00 bits per heavy atom. The number of halogens is 2. The minimum atomic E-state index is -0.569. The number of nitrogens with zero attached hydrogens (tertiary/aromatic N) is 3. The number of amides is 1. The van der Waals surface area contributed by atoms with E-state index in [1.165, 1.54) is 13.1 Å². The maximum Gasteiger partial charge on any atom is 0.250 e. The third-order valence-electron chi connectivity index (χ3n) is 6.07. The van der Waals surface area contributed by atoms with Crippen LogP contribution in [0.1, 0.15) is 38.9 Å². The molecule has 0 aliphatic heterocycles. The summed E-state index contributed by atoms with van der Waals surface area (Å²) < 4.78 is 7.41. The number of carbonyl (C=O) groups excluding carboxylic acids is 2. The Morgan fingerprint density at radius 3 is 2.40 bits per heavy atom. The van der Waals surface area contributed by atoms with Crippen molar-refractivity contribution in [2.45, 2.75) is 19.8 Å². The van der Waals surface area contributed by atoms with Crippen LogP contribution in [0.4, 0.5) is 0 Å². The van der Waals surface area contributed by atoms with Crippen LogP contribution >= 0.6 is 23.2 Å². The van der Waals surface area contributed by atoms with Crippen LogP contribution in [0.3, 0.4) is 0 Å². The van der Waals surface area contributed by atoms with Gasteiger partial charge in [0.2, 0.25) is 5.91 Å². The molecule has 0 fully saturated rings. The molecular formula is C26H20Cl2N4O3. The predicted molar refractivity (Wildman–Crippen MR) is 135 cm³/mol. The third kappa shape index (κ3) is 4.07. The van der Waals surface area contributed by atoms with Gasteiger partial charge in [-0.1, -0.05) is 23.2 Å². The monoisotopic (exact) mass is 506 g/mol. The summed E-state index contributed by atoms with van der Waals surface area (Å²) in [4.78, 5) is 28.4. The van der Waals surface area contributed by atoms with Crippen molar-refractivity contribution in [1.82, 2.24) is 14.8 Å². The van der Waals surface area contributed by atoms with Gasteiger partial charge in [0, 0.05) is 51.6 Å². The third-order valence-corrected chi connectivity index (χ3v) is 6.50. The topological polar surface area (TPSA) is 100 Å². The van der Waals surface area contributed by atoms with Gasteiger partial charge in [0.25, 0.3) is 0 Å². The van der Waals surface area contributed by atoms with Gasteiger partial charge in [-0.15, -0.1) is 0 Å². The first kappa shape index (κ1) is 23.1. The number of ketones is 1. The summed E-state index contributed by atoms with van der Waals surface area (Å²) in [5.74, 6) is -0.0523. The van der Waals surface area contributed by atoms with Gasteiger partial charge in [-0.3, -0.25) is 14.6 Å². The van der Waals surface area contributed by atoms with Crippen molar-refractivity contribution in [2.24, 2.45) is 5.73 Å². The Kier molecular flexibility index (Phi) is 5.83. The first-order valence-electron chi connectivity index (χ1n) is 10.8. The fourth-order valence-electron chi connectivity index (χ4n) is 4.52. The van der Waals surface area contributed by atoms with Crippen LogP contribution in [0.15, 0.2) is 48.8 Å². The molecule has 7 nitrogen and oxygen atoms in total. The molecule has 0 spiro atoms. The Hall–Kier alpha value is -3.68. The van der Waals surface area contributed by atoms with E-state index in [2.05, 4.69) is 10.1 Å². The lowest BCUT2D eigenvalue weighted by Crippen LogP contribution is -2.11. The van der Waals surface area contributed by atoms with Crippen molar-refractivity contribution in [2.75, 3.05) is 7.11 Å². The van der Waals surface area contributed by atoms with Crippen molar-refractivity contribution in [3.05, 3.63) is 81.2 Å². The number of pyridine rings is 1. The number of fused-ring (bicyclic) bond motifs is 3. The molecule has 2 N–H and O–H groups in total. The summed E-state index contributed by atoms with van der Waals surface area (Å²) in [7, 11) is 1.59. The Balaban J connectivity index is 1.79. The molecule has 0 bridgehead atoms. The number of nitrogens with two attached hydrogens (primary N) is 1. The fourth-order valence-corrected chi connectivity index (χ4v) is 5.03. The van der Waals surface area contributed by atoms with Gasteiger partial charge in [-0.2, -0.15) is 5.10 Å². The molecular weight excluding hydrogens is 487 g/mol. The highest BCUT2D eigenvalue weighted by atomic mass is 35.5. The first-order chi connectivity index (χ1) is 16.8. The van der Waals surface area contributed by atoms with E-state index in [0.717, 1.165) is 27.9 Å². The molecule has 2 heterocycles. The van der Waals surface area contributed by atoms with Crippen LogP contribution in [0, 0.1) is 0 Å². The maximum absolute atomic E-state index is 12.5. The van der Waals surface area contributed by atoms with E-state index in [4.69, 9.17) is 33.7 Å². The molecule has 4 aromatic rings. The van der Waals surface area contributed by atoms with E-state index in [9.17, 15) is 9.59 Å². The highest BCUT2D eigenvalue weighted by molar-refractivity contribution is 6.34. The number of hydrogen-bond acceptors (Lipinski definition) is 5. The van der Waals surface area contributed by atoms with E-state index in [0.29, 0.717) is 51.1 Å². The minimum absolute atomic E-state index is 0.122. The molecule has 5 rings (SSSR count). The van der Waals surface area contributed by atoms with E-state index >= 15 is 0 Å². The Bertz CT molecular complexity index is 1510. The SMILES string of the molecule is COc1cc2c(cc1-c1cncc(C(N)=O)c1)-c1c(c(C(C)=O)nn1-c1cc(Cl)cc(Cl)c1)CC2. The van der Waals surface area contributed by atoms with Gasteiger partial charge in [0.05, 0.1) is 24.1 Å². The number of carbonyl (C=O) groups is 2. The average molecular weight is 507 g/mol. The number of aryl methyl sites for hydroxylation is 1. The maximum atomic E-state index is 12.5. The molecule has 1 aliphatic rings. The van der Waals surface area contributed by atoms with Crippen molar-refractivity contribution >= 4 is 34.9 Å². The Morgan fingerprint density at radius 2 is 1.74 bits per heavy atom. The number of hydrogen-bond donors (Lipinski definition) is 1. The van der Waals surface area contributed by atoms with E-state index in [1.807, 2.05) is 12.1 Å². The van der Waals surface area contributed by atoms with Gasteiger partial charge in [0.1, 0.15) is 11.4 Å². The largest absolute Gasteiger partial charge is 0.496 e. The van der Waals surface area contributed by atoms with Crippen LogP contribution < -0.4 is 10.5 Å². The lowest BCUT2D eigenvalue weighted by Gasteiger charge is -2.22. The molecule has 0 saturated carbocycles. The normalized spacial score (nSPS) is 12.1. The van der Waals surface area contributed by atoms with Crippen LogP contribution in [0.5, 0.6) is 5.75 Å². The highest BCUT2D eigenvalue weighted by Crippen LogP contribution is 2.43. The molecule has 35 heavy (non-hydrogen) atoms. The van der Waals surface area contributed by atoms with Crippen LogP contribution in [0.2, 0.25) is 10.0 Å². The summed E-state index contributed by atoms with van der Waals surface area (Å²) in [6, 6.07) is 10.8. The zero-order valence-electron chi connectivity index (χ0n) is 18.9. The first-order valence-corrected chi connectivity index (χ1v) is 11.6. The van der Waals surface area contributed by atoms with E-state index in [-0.39, 0.29) is 5.78 Å². The number of benzene rings is 2. The molecule has 0 saturated heterocycles. The summed E-state index contributed by atoms with van der Waals surface area (Å²) >= 11 is 12.6. The smallest absolute Gasteiger partial charge is 0.250 e. The number of rotatable bonds is 5. The summed E-state index contributed by atoms with van der Waals surface area (Å²) in [5.41, 5.74) is 11.8.